The molecule has 0 aliphatic heterocycles. The Morgan fingerprint density at radius 2 is 1.57 bits per heavy atom. The molecule has 1 unspecified atom stereocenters. The number of amides is 1. The van der Waals surface area contributed by atoms with E-state index in [9.17, 15) is 4.79 Å². The summed E-state index contributed by atoms with van der Waals surface area (Å²) < 4.78 is 0. The van der Waals surface area contributed by atoms with Crippen LogP contribution in [0, 0.1) is 0 Å². The molecule has 0 spiro atoms. The van der Waals surface area contributed by atoms with Crippen LogP contribution in [-0.2, 0) is 11.3 Å². The molecule has 1 amide bonds. The van der Waals surface area contributed by atoms with Gasteiger partial charge in [-0.15, -0.1) is 0 Å². The van der Waals surface area contributed by atoms with Crippen LogP contribution in [0.1, 0.15) is 25.8 Å². The molecule has 3 nitrogen and oxygen atoms in total. The van der Waals surface area contributed by atoms with E-state index in [0.717, 1.165) is 12.2 Å². The van der Waals surface area contributed by atoms with E-state index < -0.39 is 0 Å². The number of hydrogen-bond donors (Lipinski definition) is 0. The van der Waals surface area contributed by atoms with Crippen LogP contribution in [0.3, 0.4) is 0 Å². The standard InChI is InChI=1S/C20H26N2O/c1-4-20(23)22(19-13-9-6-10-14-19)15-17(2)21(3)16-18-11-7-5-8-12-18/h5-14,17H,4,15-16H2,1-3H3. The Labute approximate surface area is 139 Å². The molecule has 0 bridgehead atoms. The molecule has 2 rings (SSSR count). The fourth-order valence-electron chi connectivity index (χ4n) is 2.58. The quantitative estimate of drug-likeness (QED) is 0.773. The van der Waals surface area contributed by atoms with E-state index in [-0.39, 0.29) is 11.9 Å². The molecule has 0 N–H and O–H groups in total. The van der Waals surface area contributed by atoms with Gasteiger partial charge in [0.15, 0.2) is 0 Å². The molecule has 0 aliphatic rings. The highest BCUT2D eigenvalue weighted by molar-refractivity contribution is 5.93. The number of para-hydroxylation sites is 1. The highest BCUT2D eigenvalue weighted by Crippen LogP contribution is 2.17. The van der Waals surface area contributed by atoms with Crippen molar-refractivity contribution >= 4 is 11.6 Å². The van der Waals surface area contributed by atoms with E-state index >= 15 is 0 Å². The molecule has 2 aromatic rings. The average molecular weight is 310 g/mol. The second-order valence-electron chi connectivity index (χ2n) is 5.94. The van der Waals surface area contributed by atoms with Crippen LogP contribution in [0.25, 0.3) is 0 Å². The zero-order chi connectivity index (χ0) is 16.7. The zero-order valence-electron chi connectivity index (χ0n) is 14.3. The third-order valence-electron chi connectivity index (χ3n) is 4.15. The number of rotatable bonds is 7. The van der Waals surface area contributed by atoms with Crippen LogP contribution in [0.4, 0.5) is 5.69 Å². The Bertz CT molecular complexity index is 598. The van der Waals surface area contributed by atoms with E-state index in [1.165, 1.54) is 5.56 Å². The monoisotopic (exact) mass is 310 g/mol. The second kappa shape index (κ2) is 8.49. The molecule has 23 heavy (non-hydrogen) atoms. The molecule has 0 aromatic heterocycles. The SMILES string of the molecule is CCC(=O)N(CC(C)N(C)Cc1ccccc1)c1ccccc1. The summed E-state index contributed by atoms with van der Waals surface area (Å²) in [5, 5.41) is 0. The van der Waals surface area contributed by atoms with Crippen LogP contribution in [-0.4, -0.2) is 30.4 Å². The molecule has 0 saturated carbocycles. The molecule has 0 saturated heterocycles. The Balaban J connectivity index is 2.05. The number of hydrogen-bond acceptors (Lipinski definition) is 2. The van der Waals surface area contributed by atoms with Gasteiger partial charge in [-0.3, -0.25) is 9.69 Å². The lowest BCUT2D eigenvalue weighted by Crippen LogP contribution is -2.42. The minimum atomic E-state index is 0.163. The summed E-state index contributed by atoms with van der Waals surface area (Å²) in [7, 11) is 2.11. The molecule has 0 aliphatic carbocycles. The van der Waals surface area contributed by atoms with Gasteiger partial charge in [0.05, 0.1) is 0 Å². The molecule has 2 aromatic carbocycles. The third kappa shape index (κ3) is 4.93. The Hall–Kier alpha value is -2.13. The normalized spacial score (nSPS) is 12.2. The van der Waals surface area contributed by atoms with Gasteiger partial charge in [-0.1, -0.05) is 55.5 Å². The lowest BCUT2D eigenvalue weighted by molar-refractivity contribution is -0.118. The van der Waals surface area contributed by atoms with Gasteiger partial charge in [-0.05, 0) is 31.7 Å². The van der Waals surface area contributed by atoms with Gasteiger partial charge < -0.3 is 4.90 Å². The number of nitrogens with zero attached hydrogens (tertiary/aromatic N) is 2. The predicted molar refractivity (Wildman–Crippen MR) is 96.5 cm³/mol. The van der Waals surface area contributed by atoms with Gasteiger partial charge in [-0.2, -0.15) is 0 Å². The van der Waals surface area contributed by atoms with Crippen molar-refractivity contribution in [3.8, 4) is 0 Å². The zero-order valence-corrected chi connectivity index (χ0v) is 14.3. The van der Waals surface area contributed by atoms with Crippen molar-refractivity contribution in [2.24, 2.45) is 0 Å². The minimum absolute atomic E-state index is 0.163. The van der Waals surface area contributed by atoms with Crippen molar-refractivity contribution in [3.05, 3.63) is 66.2 Å². The Morgan fingerprint density at radius 1 is 1.00 bits per heavy atom. The summed E-state index contributed by atoms with van der Waals surface area (Å²) in [6.07, 6.45) is 0.518. The van der Waals surface area contributed by atoms with Crippen LogP contribution in [0.2, 0.25) is 0 Å². The lowest BCUT2D eigenvalue weighted by Gasteiger charge is -2.31. The average Bonchev–Trinajstić information content (AvgIpc) is 2.60. The van der Waals surface area contributed by atoms with Crippen LogP contribution < -0.4 is 4.90 Å². The third-order valence-corrected chi connectivity index (χ3v) is 4.15. The van der Waals surface area contributed by atoms with Crippen molar-refractivity contribution in [2.75, 3.05) is 18.5 Å². The van der Waals surface area contributed by atoms with Gasteiger partial charge in [0.1, 0.15) is 0 Å². The summed E-state index contributed by atoms with van der Waals surface area (Å²) in [5.41, 5.74) is 2.26. The maximum atomic E-state index is 12.3. The van der Waals surface area contributed by atoms with E-state index in [1.54, 1.807) is 0 Å². The van der Waals surface area contributed by atoms with Crippen molar-refractivity contribution in [2.45, 2.75) is 32.9 Å². The smallest absolute Gasteiger partial charge is 0.226 e. The van der Waals surface area contributed by atoms with Crippen molar-refractivity contribution in [3.63, 3.8) is 0 Å². The largest absolute Gasteiger partial charge is 0.311 e. The van der Waals surface area contributed by atoms with Gasteiger partial charge in [-0.25, -0.2) is 0 Å². The van der Waals surface area contributed by atoms with Gasteiger partial charge in [0.2, 0.25) is 5.91 Å². The van der Waals surface area contributed by atoms with Crippen molar-refractivity contribution < 1.29 is 4.79 Å². The molecular formula is C20H26N2O. The minimum Gasteiger partial charge on any atom is -0.311 e. The van der Waals surface area contributed by atoms with E-state index in [2.05, 4.69) is 43.1 Å². The van der Waals surface area contributed by atoms with Crippen LogP contribution in [0.5, 0.6) is 0 Å². The summed E-state index contributed by atoms with van der Waals surface area (Å²) in [6, 6.07) is 20.6. The Morgan fingerprint density at radius 3 is 2.13 bits per heavy atom. The van der Waals surface area contributed by atoms with Crippen molar-refractivity contribution in [1.29, 1.82) is 0 Å². The predicted octanol–water partition coefficient (Wildman–Crippen LogP) is 3.95. The summed E-state index contributed by atoms with van der Waals surface area (Å²) in [5.74, 6) is 0.163. The first kappa shape index (κ1) is 17.2. The molecule has 1 atom stereocenters. The van der Waals surface area contributed by atoms with Gasteiger partial charge in [0, 0.05) is 31.2 Å². The highest BCUT2D eigenvalue weighted by atomic mass is 16.2. The summed E-state index contributed by atoms with van der Waals surface area (Å²) in [4.78, 5) is 16.5. The van der Waals surface area contributed by atoms with Gasteiger partial charge >= 0.3 is 0 Å². The lowest BCUT2D eigenvalue weighted by atomic mass is 10.1. The first-order chi connectivity index (χ1) is 11.1. The first-order valence-electron chi connectivity index (χ1n) is 8.21. The number of likely N-dealkylation sites (N-methyl/N-ethyl adjacent to an activating group) is 1. The number of anilines is 1. The summed E-state index contributed by atoms with van der Waals surface area (Å²) >= 11 is 0. The molecule has 0 fully saturated rings. The van der Waals surface area contributed by atoms with E-state index in [4.69, 9.17) is 0 Å². The molecule has 122 valence electrons. The number of carbonyl (C=O) groups excluding carboxylic acids is 1. The van der Waals surface area contributed by atoms with E-state index in [0.29, 0.717) is 13.0 Å². The fourth-order valence-corrected chi connectivity index (χ4v) is 2.58. The van der Waals surface area contributed by atoms with Crippen LogP contribution >= 0.6 is 0 Å². The van der Waals surface area contributed by atoms with Crippen LogP contribution in [0.15, 0.2) is 60.7 Å². The Kier molecular flexibility index (Phi) is 6.36. The molecule has 0 radical (unpaired) electrons. The fraction of sp³-hybridized carbons (Fsp3) is 0.350. The van der Waals surface area contributed by atoms with Gasteiger partial charge in [0.25, 0.3) is 0 Å². The summed E-state index contributed by atoms with van der Waals surface area (Å²) in [6.45, 7) is 5.66. The van der Waals surface area contributed by atoms with E-state index in [1.807, 2.05) is 48.2 Å². The first-order valence-corrected chi connectivity index (χ1v) is 8.21. The van der Waals surface area contributed by atoms with Crippen molar-refractivity contribution in [1.82, 2.24) is 4.90 Å². The molecule has 0 heterocycles. The molecular weight excluding hydrogens is 284 g/mol. The number of benzene rings is 2. The second-order valence-corrected chi connectivity index (χ2v) is 5.94. The number of carbonyl (C=O) groups is 1. The molecule has 3 heteroatoms. The highest BCUT2D eigenvalue weighted by Gasteiger charge is 2.19. The maximum Gasteiger partial charge on any atom is 0.226 e. The topological polar surface area (TPSA) is 23.6 Å². The maximum absolute atomic E-state index is 12.3.